The van der Waals surface area contributed by atoms with E-state index < -0.39 is 10.0 Å². The highest BCUT2D eigenvalue weighted by molar-refractivity contribution is 9.10. The van der Waals surface area contributed by atoms with Gasteiger partial charge in [-0.2, -0.15) is 0 Å². The van der Waals surface area contributed by atoms with E-state index in [9.17, 15) is 8.42 Å². The number of pyridine rings is 1. The molecule has 120 valence electrons. The normalized spacial score (nSPS) is 11.8. The van der Waals surface area contributed by atoms with Gasteiger partial charge in [0.2, 0.25) is 10.0 Å². The zero-order valence-electron chi connectivity index (χ0n) is 12.1. The fourth-order valence-corrected chi connectivity index (χ4v) is 3.43. The van der Waals surface area contributed by atoms with Crippen molar-refractivity contribution in [2.75, 3.05) is 24.2 Å². The van der Waals surface area contributed by atoms with Crippen molar-refractivity contribution < 1.29 is 8.42 Å². The number of halogens is 2. The van der Waals surface area contributed by atoms with Gasteiger partial charge in [0.05, 0.1) is 16.3 Å². The quantitative estimate of drug-likeness (QED) is 0.691. The SMILES string of the molecule is CCS(=O)(=O)NCCCNc1ccc2cc(Br)cc(Cl)c2n1. The summed E-state index contributed by atoms with van der Waals surface area (Å²) in [6, 6.07) is 7.58. The van der Waals surface area contributed by atoms with Crippen molar-refractivity contribution in [1.82, 2.24) is 9.71 Å². The van der Waals surface area contributed by atoms with Gasteiger partial charge in [-0.25, -0.2) is 18.1 Å². The first-order valence-electron chi connectivity index (χ1n) is 6.88. The van der Waals surface area contributed by atoms with Gasteiger partial charge in [0, 0.05) is 22.9 Å². The molecule has 0 aliphatic heterocycles. The zero-order chi connectivity index (χ0) is 16.2. The topological polar surface area (TPSA) is 71.1 Å². The summed E-state index contributed by atoms with van der Waals surface area (Å²) in [5.41, 5.74) is 0.738. The molecule has 22 heavy (non-hydrogen) atoms. The Kier molecular flexibility index (Phi) is 6.02. The lowest BCUT2D eigenvalue weighted by molar-refractivity contribution is 0.581. The summed E-state index contributed by atoms with van der Waals surface area (Å²) in [6.07, 6.45) is 0.674. The summed E-state index contributed by atoms with van der Waals surface area (Å²) < 4.78 is 26.0. The van der Waals surface area contributed by atoms with Crippen LogP contribution in [0.25, 0.3) is 10.9 Å². The van der Waals surface area contributed by atoms with Crippen LogP contribution in [0, 0.1) is 0 Å². The van der Waals surface area contributed by atoms with Crippen molar-refractivity contribution in [3.05, 3.63) is 33.8 Å². The number of anilines is 1. The minimum Gasteiger partial charge on any atom is -0.370 e. The van der Waals surface area contributed by atoms with E-state index >= 15 is 0 Å². The van der Waals surface area contributed by atoms with E-state index in [0.717, 1.165) is 21.2 Å². The maximum Gasteiger partial charge on any atom is 0.211 e. The van der Waals surface area contributed by atoms with E-state index in [-0.39, 0.29) is 5.75 Å². The summed E-state index contributed by atoms with van der Waals surface area (Å²) >= 11 is 9.59. The number of hydrogen-bond acceptors (Lipinski definition) is 4. The maximum atomic E-state index is 11.3. The third-order valence-electron chi connectivity index (χ3n) is 3.07. The highest BCUT2D eigenvalue weighted by Gasteiger charge is 2.06. The van der Waals surface area contributed by atoms with Crippen molar-refractivity contribution in [2.45, 2.75) is 13.3 Å². The summed E-state index contributed by atoms with van der Waals surface area (Å²) in [4.78, 5) is 4.48. The fourth-order valence-electron chi connectivity index (χ4n) is 1.89. The Morgan fingerprint density at radius 1 is 1.27 bits per heavy atom. The molecule has 2 aromatic rings. The van der Waals surface area contributed by atoms with Gasteiger partial charge in [0.1, 0.15) is 5.82 Å². The number of rotatable bonds is 7. The van der Waals surface area contributed by atoms with E-state index in [0.29, 0.717) is 24.5 Å². The molecule has 0 atom stereocenters. The smallest absolute Gasteiger partial charge is 0.211 e. The Balaban J connectivity index is 1.93. The van der Waals surface area contributed by atoms with Gasteiger partial charge < -0.3 is 5.32 Å². The van der Waals surface area contributed by atoms with Crippen molar-refractivity contribution in [3.63, 3.8) is 0 Å². The Labute approximate surface area is 143 Å². The summed E-state index contributed by atoms with van der Waals surface area (Å²) in [7, 11) is -3.12. The number of sulfonamides is 1. The van der Waals surface area contributed by atoms with Crippen LogP contribution in [-0.4, -0.2) is 32.2 Å². The first-order valence-corrected chi connectivity index (χ1v) is 9.70. The second-order valence-electron chi connectivity index (χ2n) is 4.73. The van der Waals surface area contributed by atoms with E-state index in [1.807, 2.05) is 18.2 Å². The molecule has 1 aromatic heterocycles. The minimum atomic E-state index is -3.12. The molecular formula is C14H17BrClN3O2S. The molecule has 0 spiro atoms. The molecule has 2 N–H and O–H groups in total. The predicted octanol–water partition coefficient (Wildman–Crippen LogP) is 3.39. The predicted molar refractivity (Wildman–Crippen MR) is 95.0 cm³/mol. The number of aromatic nitrogens is 1. The molecule has 0 unspecified atom stereocenters. The lowest BCUT2D eigenvalue weighted by atomic mass is 10.2. The van der Waals surface area contributed by atoms with Gasteiger partial charge in [-0.1, -0.05) is 27.5 Å². The first kappa shape index (κ1) is 17.5. The maximum absolute atomic E-state index is 11.3. The van der Waals surface area contributed by atoms with Gasteiger partial charge in [-0.15, -0.1) is 0 Å². The Morgan fingerprint density at radius 3 is 2.77 bits per heavy atom. The van der Waals surface area contributed by atoms with Gasteiger partial charge >= 0.3 is 0 Å². The molecule has 8 heteroatoms. The van der Waals surface area contributed by atoms with Crippen molar-refractivity contribution in [3.8, 4) is 0 Å². The molecule has 2 rings (SSSR count). The summed E-state index contributed by atoms with van der Waals surface area (Å²) in [6.45, 7) is 2.64. The Morgan fingerprint density at radius 2 is 2.05 bits per heavy atom. The fraction of sp³-hybridized carbons (Fsp3) is 0.357. The highest BCUT2D eigenvalue weighted by Crippen LogP contribution is 2.27. The Hall–Kier alpha value is -0.890. The highest BCUT2D eigenvalue weighted by atomic mass is 79.9. The average Bonchev–Trinajstić information content (AvgIpc) is 2.47. The molecule has 0 amide bonds. The molecule has 0 saturated carbocycles. The lowest BCUT2D eigenvalue weighted by Gasteiger charge is -2.08. The van der Waals surface area contributed by atoms with Crippen LogP contribution in [-0.2, 0) is 10.0 Å². The summed E-state index contributed by atoms with van der Waals surface area (Å²) in [5.74, 6) is 0.816. The molecule has 5 nitrogen and oxygen atoms in total. The van der Waals surface area contributed by atoms with Gasteiger partial charge in [0.25, 0.3) is 0 Å². The number of benzene rings is 1. The van der Waals surface area contributed by atoms with E-state index in [2.05, 4.69) is 31.0 Å². The van der Waals surface area contributed by atoms with Crippen LogP contribution in [0.3, 0.4) is 0 Å². The van der Waals surface area contributed by atoms with Crippen LogP contribution in [0.5, 0.6) is 0 Å². The third-order valence-corrected chi connectivity index (χ3v) is 5.22. The number of hydrogen-bond donors (Lipinski definition) is 2. The van der Waals surface area contributed by atoms with E-state index in [1.165, 1.54) is 0 Å². The van der Waals surface area contributed by atoms with E-state index in [4.69, 9.17) is 11.6 Å². The molecule has 0 radical (unpaired) electrons. The van der Waals surface area contributed by atoms with E-state index in [1.54, 1.807) is 13.0 Å². The van der Waals surface area contributed by atoms with Gasteiger partial charge in [0.15, 0.2) is 0 Å². The third kappa shape index (κ3) is 4.81. The van der Waals surface area contributed by atoms with Crippen LogP contribution in [0.1, 0.15) is 13.3 Å². The van der Waals surface area contributed by atoms with Gasteiger partial charge in [-0.05, 0) is 37.6 Å². The summed E-state index contributed by atoms with van der Waals surface area (Å²) in [5, 5.41) is 4.71. The molecule has 1 heterocycles. The van der Waals surface area contributed by atoms with Crippen molar-refractivity contribution in [2.24, 2.45) is 0 Å². The number of fused-ring (bicyclic) bond motifs is 1. The van der Waals surface area contributed by atoms with Crippen LogP contribution in [0.2, 0.25) is 5.02 Å². The molecule has 0 fully saturated rings. The minimum absolute atomic E-state index is 0.0979. The van der Waals surface area contributed by atoms with Crippen LogP contribution in [0.15, 0.2) is 28.7 Å². The molecule has 0 aliphatic carbocycles. The Bertz CT molecular complexity index is 768. The lowest BCUT2D eigenvalue weighted by Crippen LogP contribution is -2.27. The van der Waals surface area contributed by atoms with Crippen LogP contribution < -0.4 is 10.0 Å². The van der Waals surface area contributed by atoms with Crippen molar-refractivity contribution in [1.29, 1.82) is 0 Å². The standard InChI is InChI=1S/C14H17BrClN3O2S/c1-2-22(20,21)18-7-3-6-17-13-5-4-10-8-11(15)9-12(16)14(10)19-13/h4-5,8-9,18H,2-3,6-7H2,1H3,(H,17,19). The molecule has 0 aliphatic rings. The second-order valence-corrected chi connectivity index (χ2v) is 8.15. The molecule has 0 bridgehead atoms. The number of nitrogens with one attached hydrogen (secondary N) is 2. The molecular weight excluding hydrogens is 390 g/mol. The van der Waals surface area contributed by atoms with Gasteiger partial charge in [-0.3, -0.25) is 0 Å². The van der Waals surface area contributed by atoms with Crippen LogP contribution in [0.4, 0.5) is 5.82 Å². The average molecular weight is 407 g/mol. The van der Waals surface area contributed by atoms with Crippen molar-refractivity contribution >= 4 is 54.3 Å². The monoisotopic (exact) mass is 405 g/mol. The second kappa shape index (κ2) is 7.59. The number of nitrogens with zero attached hydrogens (tertiary/aromatic N) is 1. The zero-order valence-corrected chi connectivity index (χ0v) is 15.2. The molecule has 1 aromatic carbocycles. The molecule has 0 saturated heterocycles. The largest absolute Gasteiger partial charge is 0.370 e. The first-order chi connectivity index (χ1) is 10.4. The van der Waals surface area contributed by atoms with Crippen LogP contribution >= 0.6 is 27.5 Å².